The molecule has 2 amide bonds. The van der Waals surface area contributed by atoms with Crippen molar-refractivity contribution in [2.45, 2.75) is 25.8 Å². The summed E-state index contributed by atoms with van der Waals surface area (Å²) in [4.78, 5) is 37.9. The van der Waals surface area contributed by atoms with Gasteiger partial charge in [0.15, 0.2) is 0 Å². The molecule has 2 rings (SSSR count). The normalized spacial score (nSPS) is 17.5. The fraction of sp³-hybridized carbons (Fsp3) is 0.471. The van der Waals surface area contributed by atoms with Crippen LogP contribution in [0.5, 0.6) is 0 Å². The second-order valence-electron chi connectivity index (χ2n) is 5.88. The highest BCUT2D eigenvalue weighted by molar-refractivity contribution is 6.42. The lowest BCUT2D eigenvalue weighted by atomic mass is 10.1. The third-order valence-corrected chi connectivity index (χ3v) is 4.56. The summed E-state index contributed by atoms with van der Waals surface area (Å²) in [5, 5.41) is 6.14. The van der Waals surface area contributed by atoms with E-state index in [0.717, 1.165) is 0 Å². The van der Waals surface area contributed by atoms with E-state index in [1.165, 1.54) is 0 Å². The first kappa shape index (κ1) is 20.5. The summed E-state index contributed by atoms with van der Waals surface area (Å²) in [7, 11) is 0. The summed E-state index contributed by atoms with van der Waals surface area (Å²) in [6.45, 7) is 3.05. The summed E-state index contributed by atoms with van der Waals surface area (Å²) in [6, 6.07) is 4.03. The SMILES string of the molecule is CCCOC(=O)CC1C(=O)NCCN1CC(=O)Nc1ccc(Cl)c(Cl)c1. The van der Waals surface area contributed by atoms with E-state index in [0.29, 0.717) is 41.8 Å². The molecule has 1 saturated heterocycles. The number of ether oxygens (including phenoxy) is 1. The van der Waals surface area contributed by atoms with Gasteiger partial charge in [0, 0.05) is 18.8 Å². The predicted octanol–water partition coefficient (Wildman–Crippen LogP) is 2.08. The molecule has 0 aliphatic carbocycles. The largest absolute Gasteiger partial charge is 0.466 e. The number of carbonyl (C=O) groups is 3. The lowest BCUT2D eigenvalue weighted by Crippen LogP contribution is -2.57. The Kier molecular flexibility index (Phi) is 7.68. The van der Waals surface area contributed by atoms with Crippen LogP contribution in [0.3, 0.4) is 0 Å². The number of hydrogen-bond donors (Lipinski definition) is 2. The molecule has 0 spiro atoms. The quantitative estimate of drug-likeness (QED) is 0.682. The zero-order valence-electron chi connectivity index (χ0n) is 14.4. The fourth-order valence-electron chi connectivity index (χ4n) is 2.56. The van der Waals surface area contributed by atoms with Crippen molar-refractivity contribution in [3.8, 4) is 0 Å². The smallest absolute Gasteiger partial charge is 0.307 e. The molecule has 1 aliphatic heterocycles. The third kappa shape index (κ3) is 5.86. The minimum absolute atomic E-state index is 0.0284. The standard InChI is InChI=1S/C17H21Cl2N3O4/c1-2-7-26-16(24)9-14-17(25)20-5-6-22(14)10-15(23)21-11-3-4-12(18)13(19)8-11/h3-4,8,14H,2,5-7,9-10H2,1H3,(H,20,25)(H,21,23). The summed E-state index contributed by atoms with van der Waals surface area (Å²) in [6.07, 6.45) is 0.615. The van der Waals surface area contributed by atoms with E-state index >= 15 is 0 Å². The average molecular weight is 402 g/mol. The van der Waals surface area contributed by atoms with Crippen molar-refractivity contribution in [1.29, 1.82) is 0 Å². The lowest BCUT2D eigenvalue weighted by Gasteiger charge is -2.33. The molecule has 1 aromatic carbocycles. The predicted molar refractivity (Wildman–Crippen MR) is 99.3 cm³/mol. The number of nitrogens with zero attached hydrogens (tertiary/aromatic N) is 1. The number of benzene rings is 1. The maximum absolute atomic E-state index is 12.3. The number of hydrogen-bond acceptors (Lipinski definition) is 5. The molecule has 1 unspecified atom stereocenters. The van der Waals surface area contributed by atoms with Crippen molar-refractivity contribution in [2.24, 2.45) is 0 Å². The number of halogens is 2. The van der Waals surface area contributed by atoms with Crippen molar-refractivity contribution < 1.29 is 19.1 Å². The maximum Gasteiger partial charge on any atom is 0.307 e. The van der Waals surface area contributed by atoms with Gasteiger partial charge in [0.25, 0.3) is 0 Å². The van der Waals surface area contributed by atoms with E-state index in [2.05, 4.69) is 10.6 Å². The van der Waals surface area contributed by atoms with Crippen LogP contribution in [0, 0.1) is 0 Å². The average Bonchev–Trinajstić information content (AvgIpc) is 2.59. The van der Waals surface area contributed by atoms with E-state index in [-0.39, 0.29) is 24.8 Å². The summed E-state index contributed by atoms with van der Waals surface area (Å²) in [5.74, 6) is -1.05. The van der Waals surface area contributed by atoms with Gasteiger partial charge in [-0.2, -0.15) is 0 Å². The highest BCUT2D eigenvalue weighted by Crippen LogP contribution is 2.25. The topological polar surface area (TPSA) is 87.7 Å². The number of piperazine rings is 1. The second kappa shape index (κ2) is 9.75. The molecule has 0 radical (unpaired) electrons. The van der Waals surface area contributed by atoms with Crippen molar-refractivity contribution >= 4 is 46.7 Å². The van der Waals surface area contributed by atoms with Crippen LogP contribution in [-0.4, -0.2) is 55.0 Å². The lowest BCUT2D eigenvalue weighted by molar-refractivity contribution is -0.148. The van der Waals surface area contributed by atoms with E-state index in [1.54, 1.807) is 23.1 Å². The molecule has 26 heavy (non-hydrogen) atoms. The molecule has 2 N–H and O–H groups in total. The number of amides is 2. The van der Waals surface area contributed by atoms with Gasteiger partial charge in [0.2, 0.25) is 11.8 Å². The van der Waals surface area contributed by atoms with Gasteiger partial charge in [-0.15, -0.1) is 0 Å². The minimum Gasteiger partial charge on any atom is -0.466 e. The first-order valence-corrected chi connectivity index (χ1v) is 9.08. The number of rotatable bonds is 7. The first-order chi connectivity index (χ1) is 12.4. The van der Waals surface area contributed by atoms with Gasteiger partial charge < -0.3 is 15.4 Å². The molecule has 7 nitrogen and oxygen atoms in total. The number of esters is 1. The second-order valence-corrected chi connectivity index (χ2v) is 6.69. The van der Waals surface area contributed by atoms with Crippen LogP contribution in [0.1, 0.15) is 19.8 Å². The molecule has 0 aromatic heterocycles. The van der Waals surface area contributed by atoms with Gasteiger partial charge in [0.1, 0.15) is 6.04 Å². The van der Waals surface area contributed by atoms with Crippen LogP contribution in [0.4, 0.5) is 5.69 Å². The molecule has 1 aromatic rings. The Morgan fingerprint density at radius 1 is 1.35 bits per heavy atom. The van der Waals surface area contributed by atoms with Gasteiger partial charge in [0.05, 0.1) is 29.6 Å². The number of nitrogens with one attached hydrogen (secondary N) is 2. The van der Waals surface area contributed by atoms with E-state index in [1.807, 2.05) is 6.92 Å². The minimum atomic E-state index is -0.729. The zero-order valence-corrected chi connectivity index (χ0v) is 15.9. The van der Waals surface area contributed by atoms with Crippen LogP contribution in [0.15, 0.2) is 18.2 Å². The Morgan fingerprint density at radius 2 is 2.12 bits per heavy atom. The highest BCUT2D eigenvalue weighted by atomic mass is 35.5. The summed E-state index contributed by atoms with van der Waals surface area (Å²) in [5.41, 5.74) is 0.504. The molecular formula is C17H21Cl2N3O4. The molecule has 1 heterocycles. The van der Waals surface area contributed by atoms with Crippen molar-refractivity contribution in [3.05, 3.63) is 28.2 Å². The van der Waals surface area contributed by atoms with Gasteiger partial charge in [-0.1, -0.05) is 30.1 Å². The van der Waals surface area contributed by atoms with Crippen LogP contribution >= 0.6 is 23.2 Å². The van der Waals surface area contributed by atoms with E-state index in [4.69, 9.17) is 27.9 Å². The Morgan fingerprint density at radius 3 is 2.81 bits per heavy atom. The van der Waals surface area contributed by atoms with Gasteiger partial charge in [-0.3, -0.25) is 19.3 Å². The maximum atomic E-state index is 12.3. The van der Waals surface area contributed by atoms with Gasteiger partial charge >= 0.3 is 5.97 Å². The van der Waals surface area contributed by atoms with Crippen molar-refractivity contribution in [1.82, 2.24) is 10.2 Å². The van der Waals surface area contributed by atoms with Crippen LogP contribution < -0.4 is 10.6 Å². The molecular weight excluding hydrogens is 381 g/mol. The summed E-state index contributed by atoms with van der Waals surface area (Å²) >= 11 is 11.8. The number of carbonyl (C=O) groups excluding carboxylic acids is 3. The van der Waals surface area contributed by atoms with Crippen LogP contribution in [0.25, 0.3) is 0 Å². The Balaban J connectivity index is 1.97. The third-order valence-electron chi connectivity index (χ3n) is 3.82. The van der Waals surface area contributed by atoms with Crippen molar-refractivity contribution in [3.63, 3.8) is 0 Å². The molecule has 1 atom stereocenters. The van der Waals surface area contributed by atoms with Crippen LogP contribution in [-0.2, 0) is 19.1 Å². The number of anilines is 1. The molecule has 142 valence electrons. The zero-order chi connectivity index (χ0) is 19.1. The molecule has 1 aliphatic rings. The molecule has 0 bridgehead atoms. The van der Waals surface area contributed by atoms with E-state index in [9.17, 15) is 14.4 Å². The molecule has 9 heteroatoms. The highest BCUT2D eigenvalue weighted by Gasteiger charge is 2.33. The van der Waals surface area contributed by atoms with E-state index < -0.39 is 12.0 Å². The van der Waals surface area contributed by atoms with Gasteiger partial charge in [-0.25, -0.2) is 0 Å². The molecule has 0 saturated carbocycles. The Labute approximate surface area is 162 Å². The van der Waals surface area contributed by atoms with Crippen LogP contribution in [0.2, 0.25) is 10.0 Å². The van der Waals surface area contributed by atoms with Gasteiger partial charge in [-0.05, 0) is 24.6 Å². The molecule has 1 fully saturated rings. The monoisotopic (exact) mass is 401 g/mol. The fourth-order valence-corrected chi connectivity index (χ4v) is 2.86. The Hall–Kier alpha value is -1.83. The van der Waals surface area contributed by atoms with Crippen molar-refractivity contribution in [2.75, 3.05) is 31.6 Å². The Bertz CT molecular complexity index is 684. The summed E-state index contributed by atoms with van der Waals surface area (Å²) < 4.78 is 5.04. The first-order valence-electron chi connectivity index (χ1n) is 8.33.